The molecule has 0 aromatic heterocycles. The number of nitrogens with zero attached hydrogens (tertiary/aromatic N) is 2. The van der Waals surface area contributed by atoms with E-state index in [1.807, 2.05) is 66.4 Å². The van der Waals surface area contributed by atoms with E-state index in [0.29, 0.717) is 10.7 Å². The first-order chi connectivity index (χ1) is 14.8. The van der Waals surface area contributed by atoms with Gasteiger partial charge in [-0.1, -0.05) is 65.9 Å². The molecule has 0 saturated heterocycles. The molecule has 0 N–H and O–H groups in total. The van der Waals surface area contributed by atoms with Crippen molar-refractivity contribution in [1.29, 1.82) is 0 Å². The highest BCUT2D eigenvalue weighted by Crippen LogP contribution is 2.36. The second kappa shape index (κ2) is 8.59. The number of aryl methyl sites for hydroxylation is 1. The summed E-state index contributed by atoms with van der Waals surface area (Å²) in [4.78, 5) is 18.8. The Balaban J connectivity index is 1.60. The Morgan fingerprint density at radius 2 is 1.61 bits per heavy atom. The zero-order valence-corrected chi connectivity index (χ0v) is 17.5. The van der Waals surface area contributed by atoms with Gasteiger partial charge in [0.25, 0.3) is 5.91 Å². The number of hydrogen-bond acceptors (Lipinski definition) is 3. The summed E-state index contributed by atoms with van der Waals surface area (Å²) in [6.45, 7) is 1.99. The maximum Gasteiger partial charge on any atom is 0.416 e. The van der Waals surface area contributed by atoms with Crippen LogP contribution in [0.15, 0.2) is 83.9 Å². The van der Waals surface area contributed by atoms with Gasteiger partial charge >= 0.3 is 6.18 Å². The Morgan fingerprint density at radius 3 is 2.29 bits per heavy atom. The van der Waals surface area contributed by atoms with Crippen molar-refractivity contribution in [3.8, 4) is 0 Å². The van der Waals surface area contributed by atoms with E-state index in [1.54, 1.807) is 6.07 Å². The van der Waals surface area contributed by atoms with Gasteiger partial charge in [-0.25, -0.2) is 0 Å². The minimum atomic E-state index is -4.42. The van der Waals surface area contributed by atoms with Crippen LogP contribution in [0, 0.1) is 6.92 Å². The van der Waals surface area contributed by atoms with Gasteiger partial charge in [-0.15, -0.1) is 0 Å². The lowest BCUT2D eigenvalue weighted by atomic mass is 10.1. The second-order valence-corrected chi connectivity index (χ2v) is 8.42. The van der Waals surface area contributed by atoms with Crippen molar-refractivity contribution in [3.63, 3.8) is 0 Å². The molecule has 0 spiro atoms. The fraction of sp³-hybridized carbons (Fsp3) is 0.167. The molecule has 3 aromatic rings. The number of aliphatic imine (C=N–C) groups is 1. The molecule has 7 heteroatoms. The van der Waals surface area contributed by atoms with Crippen molar-refractivity contribution in [3.05, 3.63) is 95.6 Å². The predicted octanol–water partition coefficient (Wildman–Crippen LogP) is 6.39. The molecule has 158 valence electrons. The van der Waals surface area contributed by atoms with Crippen LogP contribution in [0.2, 0.25) is 0 Å². The minimum Gasteiger partial charge on any atom is -0.289 e. The van der Waals surface area contributed by atoms with E-state index in [4.69, 9.17) is 0 Å². The Hall–Kier alpha value is -3.06. The van der Waals surface area contributed by atoms with E-state index in [-0.39, 0.29) is 12.3 Å². The van der Waals surface area contributed by atoms with Crippen LogP contribution in [0.5, 0.6) is 0 Å². The second-order valence-electron chi connectivity index (χ2n) is 7.25. The fourth-order valence-electron chi connectivity index (χ4n) is 3.33. The molecule has 1 heterocycles. The first-order valence-corrected chi connectivity index (χ1v) is 10.6. The molecular formula is C24H19F3N2OS. The topological polar surface area (TPSA) is 32.7 Å². The first-order valence-electron chi connectivity index (χ1n) is 9.68. The molecule has 1 atom stereocenters. The SMILES string of the molecule is Cc1ccc(N(C2=NC(=O)C(Cc3cccc(C(F)(F)F)c3)S2)c2ccccc2)cc1. The molecule has 0 fully saturated rings. The molecule has 1 amide bonds. The van der Waals surface area contributed by atoms with Gasteiger partial charge in [-0.3, -0.25) is 9.69 Å². The summed E-state index contributed by atoms with van der Waals surface area (Å²) in [5, 5.41) is -0.0628. The van der Waals surface area contributed by atoms with Gasteiger partial charge < -0.3 is 0 Å². The number of carbonyl (C=O) groups is 1. The molecule has 0 saturated carbocycles. The number of halogens is 3. The normalized spacial score (nSPS) is 16.3. The molecule has 31 heavy (non-hydrogen) atoms. The molecule has 1 aliphatic heterocycles. The third-order valence-corrected chi connectivity index (χ3v) is 6.04. The van der Waals surface area contributed by atoms with Gasteiger partial charge in [0.05, 0.1) is 10.8 Å². The molecule has 4 rings (SSSR count). The number of carbonyl (C=O) groups excluding carboxylic acids is 1. The summed E-state index contributed by atoms with van der Waals surface area (Å²) in [5.74, 6) is -0.342. The minimum absolute atomic E-state index is 0.178. The van der Waals surface area contributed by atoms with Crippen molar-refractivity contribution in [1.82, 2.24) is 0 Å². The Morgan fingerprint density at radius 1 is 0.935 bits per heavy atom. The summed E-state index contributed by atoms with van der Waals surface area (Å²) in [6, 6.07) is 22.5. The highest BCUT2D eigenvalue weighted by Gasteiger charge is 2.34. The number of thioether (sulfide) groups is 1. The van der Waals surface area contributed by atoms with E-state index in [2.05, 4.69) is 4.99 Å². The molecule has 0 aliphatic carbocycles. The number of benzene rings is 3. The monoisotopic (exact) mass is 440 g/mol. The Bertz CT molecular complexity index is 1110. The highest BCUT2D eigenvalue weighted by atomic mass is 32.2. The first kappa shape index (κ1) is 21.2. The quantitative estimate of drug-likeness (QED) is 0.471. The number of amides is 1. The van der Waals surface area contributed by atoms with Gasteiger partial charge in [-0.05, 0) is 49.2 Å². The molecule has 3 nitrogen and oxygen atoms in total. The molecule has 0 radical (unpaired) electrons. The number of alkyl halides is 3. The van der Waals surface area contributed by atoms with E-state index < -0.39 is 17.0 Å². The van der Waals surface area contributed by atoms with E-state index in [0.717, 1.165) is 29.1 Å². The van der Waals surface area contributed by atoms with Crippen LogP contribution in [0.3, 0.4) is 0 Å². The summed E-state index contributed by atoms with van der Waals surface area (Å²) in [6.07, 6.45) is -4.24. The average molecular weight is 440 g/mol. The van der Waals surface area contributed by atoms with E-state index in [1.165, 1.54) is 17.8 Å². The van der Waals surface area contributed by atoms with Crippen LogP contribution in [0.25, 0.3) is 0 Å². The van der Waals surface area contributed by atoms with Gasteiger partial charge in [-0.2, -0.15) is 18.2 Å². The lowest BCUT2D eigenvalue weighted by Gasteiger charge is -2.24. The van der Waals surface area contributed by atoms with Gasteiger partial charge in [0.15, 0.2) is 5.17 Å². The molecule has 1 unspecified atom stereocenters. The summed E-state index contributed by atoms with van der Waals surface area (Å²) < 4.78 is 39.1. The van der Waals surface area contributed by atoms with Crippen molar-refractivity contribution in [2.75, 3.05) is 4.90 Å². The number of anilines is 2. The Kier molecular flexibility index (Phi) is 5.87. The van der Waals surface area contributed by atoms with Crippen LogP contribution in [-0.4, -0.2) is 16.3 Å². The van der Waals surface area contributed by atoms with E-state index in [9.17, 15) is 18.0 Å². The lowest BCUT2D eigenvalue weighted by molar-refractivity contribution is -0.137. The molecule has 3 aromatic carbocycles. The average Bonchev–Trinajstić information content (AvgIpc) is 3.10. The highest BCUT2D eigenvalue weighted by molar-refractivity contribution is 8.15. The van der Waals surface area contributed by atoms with Crippen LogP contribution >= 0.6 is 11.8 Å². The van der Waals surface area contributed by atoms with Crippen molar-refractivity contribution < 1.29 is 18.0 Å². The van der Waals surface area contributed by atoms with Crippen LogP contribution in [-0.2, 0) is 17.4 Å². The zero-order chi connectivity index (χ0) is 22.0. The third-order valence-electron chi connectivity index (χ3n) is 4.90. The lowest BCUT2D eigenvalue weighted by Crippen LogP contribution is -2.22. The summed E-state index contributed by atoms with van der Waals surface area (Å²) in [5.41, 5.74) is 2.56. The standard InChI is InChI=1S/C24H19F3N2OS/c1-16-10-12-20(13-11-16)29(19-8-3-2-4-9-19)23-28-22(30)21(31-23)15-17-6-5-7-18(14-17)24(25,26)27/h2-14,21H,15H2,1H3. The van der Waals surface area contributed by atoms with Gasteiger partial charge in [0, 0.05) is 11.4 Å². The maximum absolute atomic E-state index is 13.0. The van der Waals surface area contributed by atoms with Crippen molar-refractivity contribution in [2.24, 2.45) is 4.99 Å². The number of para-hydroxylation sites is 1. The maximum atomic E-state index is 13.0. The third kappa shape index (κ3) is 4.82. The van der Waals surface area contributed by atoms with Crippen LogP contribution < -0.4 is 4.90 Å². The number of hydrogen-bond donors (Lipinski definition) is 0. The summed E-state index contributed by atoms with van der Waals surface area (Å²) >= 11 is 1.27. The van der Waals surface area contributed by atoms with Crippen LogP contribution in [0.4, 0.5) is 24.5 Å². The van der Waals surface area contributed by atoms with Crippen LogP contribution in [0.1, 0.15) is 16.7 Å². The predicted molar refractivity (Wildman–Crippen MR) is 119 cm³/mol. The van der Waals surface area contributed by atoms with Crippen molar-refractivity contribution >= 4 is 34.2 Å². The summed E-state index contributed by atoms with van der Waals surface area (Å²) in [7, 11) is 0. The zero-order valence-electron chi connectivity index (χ0n) is 16.6. The Labute approximate surface area is 182 Å². The fourth-order valence-corrected chi connectivity index (χ4v) is 4.47. The van der Waals surface area contributed by atoms with Crippen molar-refractivity contribution in [2.45, 2.75) is 24.8 Å². The number of amidine groups is 1. The van der Waals surface area contributed by atoms with E-state index >= 15 is 0 Å². The van der Waals surface area contributed by atoms with Gasteiger partial charge in [0.1, 0.15) is 0 Å². The smallest absolute Gasteiger partial charge is 0.289 e. The molecule has 1 aliphatic rings. The largest absolute Gasteiger partial charge is 0.416 e. The number of rotatable bonds is 4. The van der Waals surface area contributed by atoms with Gasteiger partial charge in [0.2, 0.25) is 0 Å². The molecule has 0 bridgehead atoms. The molecular weight excluding hydrogens is 421 g/mol.